The van der Waals surface area contributed by atoms with Crippen molar-refractivity contribution in [2.45, 2.75) is 157 Å². The van der Waals surface area contributed by atoms with Gasteiger partial charge >= 0.3 is 35.8 Å². The van der Waals surface area contributed by atoms with E-state index in [-0.39, 0.29) is 0 Å². The van der Waals surface area contributed by atoms with Crippen molar-refractivity contribution in [2.24, 2.45) is 29.6 Å². The summed E-state index contributed by atoms with van der Waals surface area (Å²) in [5, 5.41) is 38.5. The number of aliphatic hydroxyl groups excluding tert-OH is 4. The van der Waals surface area contributed by atoms with Gasteiger partial charge in [0.05, 0.1) is 6.61 Å². The number of aliphatic hydroxyl groups is 4. The molecule has 0 aliphatic carbocycles. The van der Waals surface area contributed by atoms with Crippen LogP contribution in [0.5, 0.6) is 0 Å². The molecule has 53 heavy (non-hydrogen) atoms. The Labute approximate surface area is 313 Å². The number of carbonyl (C=O) groups is 6. The molecule has 0 heterocycles. The molecule has 0 aliphatic rings. The number of carbonyl (C=O) groups excluding carboxylic acids is 6. The smallest absolute Gasteiger partial charge is 0.348 e. The van der Waals surface area contributed by atoms with E-state index in [2.05, 4.69) is 0 Å². The molecule has 0 bridgehead atoms. The highest BCUT2D eigenvalue weighted by atomic mass is 16.7. The minimum Gasteiger partial charge on any atom is -0.460 e. The molecule has 0 amide bonds. The molecule has 0 unspecified atom stereocenters. The first kappa shape index (κ1) is 49.7. The van der Waals surface area contributed by atoms with Crippen LogP contribution in [-0.4, -0.2) is 118 Å². The van der Waals surface area contributed by atoms with Gasteiger partial charge in [-0.2, -0.15) is 0 Å². The van der Waals surface area contributed by atoms with Crippen LogP contribution < -0.4 is 0 Å². The zero-order valence-corrected chi connectivity index (χ0v) is 33.1. The summed E-state index contributed by atoms with van der Waals surface area (Å²) in [7, 11) is 0. The first-order valence-electron chi connectivity index (χ1n) is 18.6. The molecule has 0 rings (SSSR count). The van der Waals surface area contributed by atoms with E-state index in [0.717, 1.165) is 6.92 Å². The van der Waals surface area contributed by atoms with Crippen molar-refractivity contribution < 1.29 is 77.6 Å². The maximum Gasteiger partial charge on any atom is 0.348 e. The van der Waals surface area contributed by atoms with Gasteiger partial charge in [0.15, 0.2) is 0 Å². The van der Waals surface area contributed by atoms with Gasteiger partial charge in [0.1, 0.15) is 24.9 Å². The van der Waals surface area contributed by atoms with Crippen LogP contribution in [0.2, 0.25) is 0 Å². The van der Waals surface area contributed by atoms with E-state index in [1.54, 1.807) is 69.2 Å². The molecule has 0 radical (unpaired) electrons. The summed E-state index contributed by atoms with van der Waals surface area (Å²) in [6.45, 7) is 16.4. The van der Waals surface area contributed by atoms with Crippen molar-refractivity contribution in [3.8, 4) is 0 Å². The van der Waals surface area contributed by atoms with E-state index in [9.17, 15) is 44.1 Å². The third-order valence-electron chi connectivity index (χ3n) is 9.60. The Morgan fingerprint density at radius 1 is 0.453 bits per heavy atom. The Balaban J connectivity index is 6.28. The van der Waals surface area contributed by atoms with Crippen molar-refractivity contribution in [3.05, 3.63) is 0 Å². The summed E-state index contributed by atoms with van der Waals surface area (Å²) in [6, 6.07) is 0. The van der Waals surface area contributed by atoms with Gasteiger partial charge < -0.3 is 48.8 Å². The van der Waals surface area contributed by atoms with Crippen molar-refractivity contribution in [1.82, 2.24) is 0 Å². The average Bonchev–Trinajstić information content (AvgIpc) is 3.14. The van der Waals surface area contributed by atoms with Crippen molar-refractivity contribution >= 4 is 35.8 Å². The molecule has 0 aromatic carbocycles. The number of esters is 6. The quantitative estimate of drug-likeness (QED) is 0.0771. The fraction of sp³-hybridized carbons (Fsp3) is 0.838. The summed E-state index contributed by atoms with van der Waals surface area (Å²) in [4.78, 5) is 78.9. The highest BCUT2D eigenvalue weighted by Crippen LogP contribution is 2.25. The van der Waals surface area contributed by atoms with Crippen molar-refractivity contribution in [2.75, 3.05) is 13.2 Å². The third kappa shape index (κ3) is 15.9. The monoisotopic (exact) mass is 764 g/mol. The lowest BCUT2D eigenvalue weighted by Crippen LogP contribution is -2.47. The molecule has 16 heteroatoms. The van der Waals surface area contributed by atoms with Crippen LogP contribution in [-0.2, 0) is 57.2 Å². The zero-order chi connectivity index (χ0) is 41.2. The first-order valence-corrected chi connectivity index (χ1v) is 18.6. The Bertz CT molecular complexity index is 1160. The standard InChI is InChI=1S/C37H64O16/c1-12-19(6)28(33(43)48-18-26(41)27(42)25(40)17-38)50-35(45)30(21(8)14-3)52-37(47)32(23(10)16-5)53-36(46)31(22(9)15-4)51-34(44)29(20(7)13-2)49-24(11)39/h19-23,25-32,38,40-42H,12-18H2,1-11H3/t19-,20+,21-,22+,23+,25-,26+,27-,28+,29+,30+,31+,32+/m1/s1. The number of rotatable bonds is 25. The topological polar surface area (TPSA) is 239 Å². The van der Waals surface area contributed by atoms with E-state index >= 15 is 0 Å². The molecule has 0 saturated carbocycles. The van der Waals surface area contributed by atoms with Crippen LogP contribution in [0.25, 0.3) is 0 Å². The Morgan fingerprint density at radius 2 is 0.717 bits per heavy atom. The minimum atomic E-state index is -1.82. The summed E-state index contributed by atoms with van der Waals surface area (Å²) < 4.78 is 32.7. The molecular formula is C37H64O16. The molecule has 4 N–H and O–H groups in total. The molecule has 308 valence electrons. The van der Waals surface area contributed by atoms with Crippen LogP contribution in [0.4, 0.5) is 0 Å². The molecular weight excluding hydrogens is 700 g/mol. The molecule has 0 aromatic heterocycles. The van der Waals surface area contributed by atoms with Crippen LogP contribution in [0.1, 0.15) is 108 Å². The van der Waals surface area contributed by atoms with Crippen LogP contribution in [0, 0.1) is 29.6 Å². The van der Waals surface area contributed by atoms with Crippen molar-refractivity contribution in [3.63, 3.8) is 0 Å². The van der Waals surface area contributed by atoms with E-state index in [1.807, 2.05) is 0 Å². The summed E-state index contributed by atoms with van der Waals surface area (Å²) in [6.07, 6.45) is -10.8. The first-order chi connectivity index (χ1) is 24.8. The number of ether oxygens (including phenoxy) is 6. The number of hydrogen-bond donors (Lipinski definition) is 4. The molecule has 0 spiro atoms. The van der Waals surface area contributed by atoms with E-state index in [1.165, 1.54) is 0 Å². The minimum absolute atomic E-state index is 0.322. The normalized spacial score (nSPS) is 18.8. The maximum atomic E-state index is 13.7. The second-order valence-corrected chi connectivity index (χ2v) is 13.8. The van der Waals surface area contributed by atoms with Gasteiger partial charge in [-0.3, -0.25) is 4.79 Å². The van der Waals surface area contributed by atoms with E-state index < -0.39 is 127 Å². The van der Waals surface area contributed by atoms with Gasteiger partial charge in [0, 0.05) is 36.5 Å². The molecule has 0 aliphatic heterocycles. The van der Waals surface area contributed by atoms with Gasteiger partial charge in [-0.05, 0) is 32.1 Å². The Kier molecular flexibility index (Phi) is 23.3. The summed E-state index contributed by atoms with van der Waals surface area (Å²) in [5.41, 5.74) is 0. The molecule has 0 aromatic rings. The summed E-state index contributed by atoms with van der Waals surface area (Å²) >= 11 is 0. The highest BCUT2D eigenvalue weighted by Gasteiger charge is 2.42. The van der Waals surface area contributed by atoms with Crippen LogP contribution >= 0.6 is 0 Å². The lowest BCUT2D eigenvalue weighted by Gasteiger charge is -2.30. The van der Waals surface area contributed by atoms with Crippen molar-refractivity contribution in [1.29, 1.82) is 0 Å². The zero-order valence-electron chi connectivity index (χ0n) is 33.1. The van der Waals surface area contributed by atoms with Gasteiger partial charge in [-0.25, -0.2) is 24.0 Å². The predicted molar refractivity (Wildman–Crippen MR) is 188 cm³/mol. The third-order valence-corrected chi connectivity index (χ3v) is 9.60. The Morgan fingerprint density at radius 3 is 0.962 bits per heavy atom. The second-order valence-electron chi connectivity index (χ2n) is 13.8. The fourth-order valence-electron chi connectivity index (χ4n) is 4.71. The Hall–Kier alpha value is -3.34. The highest BCUT2D eigenvalue weighted by molar-refractivity contribution is 5.87. The van der Waals surface area contributed by atoms with Gasteiger partial charge in [0.25, 0.3) is 0 Å². The van der Waals surface area contributed by atoms with Gasteiger partial charge in [0.2, 0.25) is 30.5 Å². The predicted octanol–water partition coefficient (Wildman–Crippen LogP) is 2.41. The SMILES string of the molecule is CC[C@@H](C)[C@H](OC(=O)[C@@H](OC(=O)[C@@H](OC(=O)[C@@H](OC(=O)[C@@H](OC(C)=O)[C@@H](C)CC)[C@@H](C)CC)[C@@H](C)CC)[C@H](C)CC)C(=O)OC[C@H](O)[C@H](O)[C@H](O)CO. The van der Waals surface area contributed by atoms with Gasteiger partial charge in [-0.1, -0.05) is 69.2 Å². The lowest BCUT2D eigenvalue weighted by molar-refractivity contribution is -0.197. The van der Waals surface area contributed by atoms with Gasteiger partial charge in [-0.15, -0.1) is 0 Å². The molecule has 13 atom stereocenters. The second kappa shape index (κ2) is 24.9. The maximum absolute atomic E-state index is 13.7. The molecule has 0 saturated heterocycles. The van der Waals surface area contributed by atoms with Crippen LogP contribution in [0.3, 0.4) is 0 Å². The fourth-order valence-corrected chi connectivity index (χ4v) is 4.71. The molecule has 0 fully saturated rings. The number of hydrogen-bond acceptors (Lipinski definition) is 16. The lowest BCUT2D eigenvalue weighted by atomic mass is 9.98. The largest absolute Gasteiger partial charge is 0.460 e. The van der Waals surface area contributed by atoms with Crippen LogP contribution in [0.15, 0.2) is 0 Å². The van der Waals surface area contributed by atoms with E-state index in [4.69, 9.17) is 33.5 Å². The molecule has 16 nitrogen and oxygen atoms in total. The van der Waals surface area contributed by atoms with E-state index in [0.29, 0.717) is 32.1 Å². The summed E-state index contributed by atoms with van der Waals surface area (Å²) in [5.74, 6) is -8.81. The average molecular weight is 765 g/mol.